The van der Waals surface area contributed by atoms with Crippen molar-refractivity contribution in [2.24, 2.45) is 5.92 Å². The Morgan fingerprint density at radius 1 is 1.07 bits per heavy atom. The van der Waals surface area contributed by atoms with E-state index < -0.39 is 0 Å². The van der Waals surface area contributed by atoms with Crippen LogP contribution in [0, 0.1) is 5.92 Å². The fraction of sp³-hybridized carbons (Fsp3) is 0.696. The number of para-hydroxylation sites is 1. The Morgan fingerprint density at radius 3 is 2.52 bits per heavy atom. The molecule has 27 heavy (non-hydrogen) atoms. The van der Waals surface area contributed by atoms with Crippen LogP contribution in [-0.2, 0) is 11.3 Å². The fourth-order valence-electron chi connectivity index (χ4n) is 5.50. The van der Waals surface area contributed by atoms with Crippen LogP contribution in [-0.4, -0.2) is 36.0 Å². The maximum absolute atomic E-state index is 12.7. The summed E-state index contributed by atoms with van der Waals surface area (Å²) >= 11 is 0. The molecule has 1 saturated carbocycles. The molecular weight excluding hydrogens is 334 g/mol. The van der Waals surface area contributed by atoms with Gasteiger partial charge in [0.25, 0.3) is 0 Å². The zero-order valence-electron chi connectivity index (χ0n) is 16.8. The van der Waals surface area contributed by atoms with Gasteiger partial charge >= 0.3 is 0 Å². The third-order valence-electron chi connectivity index (χ3n) is 6.95. The molecule has 4 rings (SSSR count). The van der Waals surface area contributed by atoms with E-state index in [-0.39, 0.29) is 5.91 Å². The van der Waals surface area contributed by atoms with Crippen molar-refractivity contribution in [3.05, 3.63) is 29.8 Å². The first-order chi connectivity index (χ1) is 13.2. The topological polar surface area (TPSA) is 44.4 Å². The zero-order valence-corrected chi connectivity index (χ0v) is 16.8. The Balaban J connectivity index is 1.33. The van der Waals surface area contributed by atoms with Gasteiger partial charge in [0.05, 0.1) is 0 Å². The van der Waals surface area contributed by atoms with Gasteiger partial charge in [-0.05, 0) is 63.1 Å². The van der Waals surface area contributed by atoms with Gasteiger partial charge in [0.15, 0.2) is 0 Å². The monoisotopic (exact) mass is 369 g/mol. The number of hydrogen-bond acceptors (Lipinski definition) is 3. The van der Waals surface area contributed by atoms with Gasteiger partial charge in [-0.25, -0.2) is 0 Å². The SMILES string of the molecule is CN(Cc1ccccc1NC(=O)CC1CC2CCC(C1)N2)C1CCCCC1. The summed E-state index contributed by atoms with van der Waals surface area (Å²) in [6.07, 6.45) is 12.3. The number of carbonyl (C=O) groups excluding carboxylic acids is 1. The second-order valence-corrected chi connectivity index (χ2v) is 9.09. The minimum atomic E-state index is 0.189. The number of anilines is 1. The first-order valence-corrected chi connectivity index (χ1v) is 11.0. The summed E-state index contributed by atoms with van der Waals surface area (Å²) in [4.78, 5) is 15.2. The molecular formula is C23H35N3O. The van der Waals surface area contributed by atoms with Crippen LogP contribution in [0.5, 0.6) is 0 Å². The van der Waals surface area contributed by atoms with E-state index in [1.807, 2.05) is 6.07 Å². The van der Waals surface area contributed by atoms with E-state index in [4.69, 9.17) is 0 Å². The molecule has 0 spiro atoms. The number of piperidine rings is 1. The molecule has 4 nitrogen and oxygen atoms in total. The highest BCUT2D eigenvalue weighted by Crippen LogP contribution is 2.33. The summed E-state index contributed by atoms with van der Waals surface area (Å²) in [5.74, 6) is 0.731. The average Bonchev–Trinajstić information content (AvgIpc) is 3.02. The predicted octanol–water partition coefficient (Wildman–Crippen LogP) is 4.31. The highest BCUT2D eigenvalue weighted by molar-refractivity contribution is 5.91. The highest BCUT2D eigenvalue weighted by Gasteiger charge is 2.34. The van der Waals surface area contributed by atoms with E-state index in [0.29, 0.717) is 30.5 Å². The van der Waals surface area contributed by atoms with Crippen LogP contribution < -0.4 is 10.6 Å². The first kappa shape index (κ1) is 18.9. The summed E-state index contributed by atoms with van der Waals surface area (Å²) in [5.41, 5.74) is 2.24. The Hall–Kier alpha value is -1.39. The number of benzene rings is 1. The van der Waals surface area contributed by atoms with Crippen molar-refractivity contribution in [2.75, 3.05) is 12.4 Å². The van der Waals surface area contributed by atoms with Gasteiger partial charge in [-0.3, -0.25) is 9.69 Å². The Morgan fingerprint density at radius 2 is 1.78 bits per heavy atom. The van der Waals surface area contributed by atoms with Crippen molar-refractivity contribution in [2.45, 2.75) is 88.9 Å². The number of carbonyl (C=O) groups is 1. The van der Waals surface area contributed by atoms with Gasteiger partial charge in [0.2, 0.25) is 5.91 Å². The van der Waals surface area contributed by atoms with Gasteiger partial charge < -0.3 is 10.6 Å². The maximum Gasteiger partial charge on any atom is 0.224 e. The number of hydrogen-bond donors (Lipinski definition) is 2. The van der Waals surface area contributed by atoms with Crippen LogP contribution in [0.2, 0.25) is 0 Å². The second kappa shape index (κ2) is 8.74. The number of nitrogens with zero attached hydrogens (tertiary/aromatic N) is 1. The third-order valence-corrected chi connectivity index (χ3v) is 6.95. The Kier molecular flexibility index (Phi) is 6.14. The normalized spacial score (nSPS) is 28.4. The predicted molar refractivity (Wildman–Crippen MR) is 111 cm³/mol. The van der Waals surface area contributed by atoms with Crippen LogP contribution in [0.1, 0.15) is 69.8 Å². The minimum absolute atomic E-state index is 0.189. The van der Waals surface area contributed by atoms with Gasteiger partial charge in [-0.1, -0.05) is 37.5 Å². The molecule has 1 amide bonds. The van der Waals surface area contributed by atoms with Crippen LogP contribution >= 0.6 is 0 Å². The van der Waals surface area contributed by atoms with E-state index in [0.717, 1.165) is 25.1 Å². The minimum Gasteiger partial charge on any atom is -0.326 e. The molecule has 2 saturated heterocycles. The number of fused-ring (bicyclic) bond motifs is 2. The van der Waals surface area contributed by atoms with Crippen molar-refractivity contribution in [1.29, 1.82) is 0 Å². The number of nitrogens with one attached hydrogen (secondary N) is 2. The van der Waals surface area contributed by atoms with Crippen molar-refractivity contribution >= 4 is 11.6 Å². The lowest BCUT2D eigenvalue weighted by atomic mass is 9.89. The molecule has 2 unspecified atom stereocenters. The number of amides is 1. The van der Waals surface area contributed by atoms with Crippen LogP contribution in [0.4, 0.5) is 5.69 Å². The summed E-state index contributed by atoms with van der Waals surface area (Å²) in [6, 6.07) is 10.3. The Bertz CT molecular complexity index is 628. The van der Waals surface area contributed by atoms with Crippen LogP contribution in [0.3, 0.4) is 0 Å². The van der Waals surface area contributed by atoms with Gasteiger partial charge in [0.1, 0.15) is 0 Å². The second-order valence-electron chi connectivity index (χ2n) is 9.09. The van der Waals surface area contributed by atoms with Gasteiger partial charge in [0, 0.05) is 36.8 Å². The zero-order chi connectivity index (χ0) is 18.6. The summed E-state index contributed by atoms with van der Waals surface area (Å²) in [6.45, 7) is 0.915. The molecule has 2 heterocycles. The van der Waals surface area contributed by atoms with Gasteiger partial charge in [-0.2, -0.15) is 0 Å². The maximum atomic E-state index is 12.7. The van der Waals surface area contributed by atoms with E-state index in [1.165, 1.54) is 50.5 Å². The molecule has 3 fully saturated rings. The lowest BCUT2D eigenvalue weighted by Crippen LogP contribution is -2.39. The molecule has 148 valence electrons. The van der Waals surface area contributed by atoms with Crippen LogP contribution in [0.15, 0.2) is 24.3 Å². The van der Waals surface area contributed by atoms with E-state index in [1.54, 1.807) is 0 Å². The molecule has 0 aromatic heterocycles. The molecule has 1 aromatic rings. The standard InChI is InChI=1S/C23H35N3O/c1-26(21-8-3-2-4-9-21)16-18-7-5-6-10-22(18)25-23(27)15-17-13-19-11-12-20(14-17)24-19/h5-7,10,17,19-21,24H,2-4,8-9,11-16H2,1H3,(H,25,27). The quantitative estimate of drug-likeness (QED) is 0.785. The van der Waals surface area contributed by atoms with Gasteiger partial charge in [-0.15, -0.1) is 0 Å². The molecule has 1 aliphatic carbocycles. The van der Waals surface area contributed by atoms with Crippen molar-refractivity contribution < 1.29 is 4.79 Å². The summed E-state index contributed by atoms with van der Waals surface area (Å²) < 4.78 is 0. The Labute approximate surface area is 164 Å². The molecule has 1 aromatic carbocycles. The molecule has 0 radical (unpaired) electrons. The first-order valence-electron chi connectivity index (χ1n) is 11.0. The molecule has 3 aliphatic rings. The molecule has 2 bridgehead atoms. The highest BCUT2D eigenvalue weighted by atomic mass is 16.1. The summed E-state index contributed by atoms with van der Waals surface area (Å²) in [5, 5.41) is 6.90. The lowest BCUT2D eigenvalue weighted by molar-refractivity contribution is -0.117. The lowest BCUT2D eigenvalue weighted by Gasteiger charge is -2.31. The largest absolute Gasteiger partial charge is 0.326 e. The average molecular weight is 370 g/mol. The van der Waals surface area contributed by atoms with Crippen LogP contribution in [0.25, 0.3) is 0 Å². The van der Waals surface area contributed by atoms with E-state index in [9.17, 15) is 4.79 Å². The molecule has 2 aliphatic heterocycles. The molecule has 2 atom stereocenters. The summed E-state index contributed by atoms with van der Waals surface area (Å²) in [7, 11) is 2.24. The van der Waals surface area contributed by atoms with Crippen molar-refractivity contribution in [1.82, 2.24) is 10.2 Å². The smallest absolute Gasteiger partial charge is 0.224 e. The van der Waals surface area contributed by atoms with Crippen molar-refractivity contribution in [3.63, 3.8) is 0 Å². The fourth-order valence-corrected chi connectivity index (χ4v) is 5.50. The number of rotatable bonds is 6. The van der Waals surface area contributed by atoms with Crippen molar-refractivity contribution in [3.8, 4) is 0 Å². The van der Waals surface area contributed by atoms with E-state index >= 15 is 0 Å². The third kappa shape index (κ3) is 4.91. The molecule has 4 heteroatoms. The molecule has 2 N–H and O–H groups in total. The van der Waals surface area contributed by atoms with E-state index in [2.05, 4.69) is 40.8 Å².